The van der Waals surface area contributed by atoms with Gasteiger partial charge in [-0.2, -0.15) is 0 Å². The Balaban J connectivity index is 3.78. The Morgan fingerprint density at radius 1 is 1.41 bits per heavy atom. The SMILES string of the molecule is COCC(C)NCCN(C)C(=O)OC(C)(C)C. The maximum atomic E-state index is 11.6. The summed E-state index contributed by atoms with van der Waals surface area (Å²) in [6.07, 6.45) is -0.293. The van der Waals surface area contributed by atoms with Crippen LogP contribution in [0.5, 0.6) is 0 Å². The van der Waals surface area contributed by atoms with Gasteiger partial charge in [0.15, 0.2) is 0 Å². The molecule has 1 atom stereocenters. The highest BCUT2D eigenvalue weighted by atomic mass is 16.6. The molecule has 0 radical (unpaired) electrons. The summed E-state index contributed by atoms with van der Waals surface area (Å²) in [5.74, 6) is 0. The van der Waals surface area contributed by atoms with Crippen molar-refractivity contribution in [2.75, 3.05) is 33.9 Å². The van der Waals surface area contributed by atoms with Gasteiger partial charge in [-0.25, -0.2) is 4.79 Å². The molecule has 0 bridgehead atoms. The van der Waals surface area contributed by atoms with Crippen molar-refractivity contribution < 1.29 is 14.3 Å². The third-order valence-corrected chi connectivity index (χ3v) is 2.06. The van der Waals surface area contributed by atoms with Crippen molar-refractivity contribution >= 4 is 6.09 Å². The fourth-order valence-electron chi connectivity index (χ4n) is 1.22. The van der Waals surface area contributed by atoms with Crippen molar-refractivity contribution in [2.45, 2.75) is 39.3 Å². The van der Waals surface area contributed by atoms with E-state index in [0.29, 0.717) is 13.2 Å². The Morgan fingerprint density at radius 2 is 2.00 bits per heavy atom. The summed E-state index contributed by atoms with van der Waals surface area (Å²) in [5.41, 5.74) is -0.442. The summed E-state index contributed by atoms with van der Waals surface area (Å²) < 4.78 is 10.2. The highest BCUT2D eigenvalue weighted by Gasteiger charge is 2.19. The molecule has 0 aromatic heterocycles. The highest BCUT2D eigenvalue weighted by molar-refractivity contribution is 5.67. The first-order chi connectivity index (χ1) is 7.76. The molecule has 0 saturated carbocycles. The van der Waals surface area contributed by atoms with Crippen LogP contribution in [-0.2, 0) is 9.47 Å². The van der Waals surface area contributed by atoms with Crippen molar-refractivity contribution in [1.82, 2.24) is 10.2 Å². The van der Waals surface area contributed by atoms with E-state index in [4.69, 9.17) is 9.47 Å². The van der Waals surface area contributed by atoms with E-state index in [1.165, 1.54) is 0 Å². The maximum absolute atomic E-state index is 11.6. The summed E-state index contributed by atoms with van der Waals surface area (Å²) in [7, 11) is 3.40. The molecule has 102 valence electrons. The standard InChI is InChI=1S/C12H26N2O3/c1-10(9-16-6)13-7-8-14(5)11(15)17-12(2,3)4/h10,13H,7-9H2,1-6H3. The fourth-order valence-corrected chi connectivity index (χ4v) is 1.22. The van der Waals surface area contributed by atoms with Crippen LogP contribution >= 0.6 is 0 Å². The molecule has 0 heterocycles. The molecule has 1 N–H and O–H groups in total. The summed E-state index contributed by atoms with van der Waals surface area (Å²) in [6.45, 7) is 9.61. The number of hydrogen-bond acceptors (Lipinski definition) is 4. The van der Waals surface area contributed by atoms with E-state index in [1.54, 1.807) is 19.1 Å². The molecule has 5 nitrogen and oxygen atoms in total. The number of carbonyl (C=O) groups is 1. The number of ether oxygens (including phenoxy) is 2. The van der Waals surface area contributed by atoms with E-state index in [1.807, 2.05) is 27.7 Å². The number of nitrogens with zero attached hydrogens (tertiary/aromatic N) is 1. The highest BCUT2D eigenvalue weighted by Crippen LogP contribution is 2.08. The number of amides is 1. The molecular formula is C12H26N2O3. The Labute approximate surface area is 104 Å². The third-order valence-electron chi connectivity index (χ3n) is 2.06. The largest absolute Gasteiger partial charge is 0.444 e. The van der Waals surface area contributed by atoms with E-state index < -0.39 is 5.60 Å². The second kappa shape index (κ2) is 7.50. The molecule has 1 unspecified atom stereocenters. The molecule has 0 saturated heterocycles. The number of likely N-dealkylation sites (N-methyl/N-ethyl adjacent to an activating group) is 1. The molecule has 0 aliphatic heterocycles. The van der Waals surface area contributed by atoms with Crippen molar-refractivity contribution in [3.8, 4) is 0 Å². The predicted molar refractivity (Wildman–Crippen MR) is 68.2 cm³/mol. The lowest BCUT2D eigenvalue weighted by Gasteiger charge is -2.25. The summed E-state index contributed by atoms with van der Waals surface area (Å²) in [6, 6.07) is 0.284. The zero-order valence-electron chi connectivity index (χ0n) is 11.9. The molecule has 17 heavy (non-hydrogen) atoms. The zero-order valence-corrected chi connectivity index (χ0v) is 11.9. The van der Waals surface area contributed by atoms with Crippen molar-refractivity contribution in [3.63, 3.8) is 0 Å². The minimum atomic E-state index is -0.442. The van der Waals surface area contributed by atoms with Gasteiger partial charge in [0.2, 0.25) is 0 Å². The average Bonchev–Trinajstić information content (AvgIpc) is 2.15. The summed E-state index contributed by atoms with van der Waals surface area (Å²) in [4.78, 5) is 13.2. The van der Waals surface area contributed by atoms with Crippen LogP contribution < -0.4 is 5.32 Å². The van der Waals surface area contributed by atoms with E-state index in [2.05, 4.69) is 5.32 Å². The minimum Gasteiger partial charge on any atom is -0.444 e. The molecule has 0 spiro atoms. The normalized spacial score (nSPS) is 13.3. The number of rotatable bonds is 6. The van der Waals surface area contributed by atoms with Gasteiger partial charge >= 0.3 is 6.09 Å². The number of hydrogen-bond donors (Lipinski definition) is 1. The fraction of sp³-hybridized carbons (Fsp3) is 0.917. The molecule has 1 amide bonds. The van der Waals surface area contributed by atoms with E-state index >= 15 is 0 Å². The predicted octanol–water partition coefficient (Wildman–Crippen LogP) is 1.48. The van der Waals surface area contributed by atoms with Gasteiger partial charge in [-0.1, -0.05) is 0 Å². The molecule has 5 heteroatoms. The smallest absolute Gasteiger partial charge is 0.410 e. The first kappa shape index (κ1) is 16.2. The van der Waals surface area contributed by atoms with Gasteiger partial charge in [0, 0.05) is 33.3 Å². The number of methoxy groups -OCH3 is 1. The van der Waals surface area contributed by atoms with Crippen molar-refractivity contribution in [1.29, 1.82) is 0 Å². The monoisotopic (exact) mass is 246 g/mol. The van der Waals surface area contributed by atoms with Gasteiger partial charge in [-0.3, -0.25) is 0 Å². The molecule has 0 aromatic rings. The Hall–Kier alpha value is -0.810. The first-order valence-electron chi connectivity index (χ1n) is 5.92. The van der Waals surface area contributed by atoms with Crippen LogP contribution in [0.25, 0.3) is 0 Å². The van der Waals surface area contributed by atoms with Crippen molar-refractivity contribution in [3.05, 3.63) is 0 Å². The molecule has 0 aliphatic rings. The van der Waals surface area contributed by atoms with E-state index in [9.17, 15) is 4.79 Å². The second-order valence-corrected chi connectivity index (χ2v) is 5.21. The minimum absolute atomic E-state index is 0.284. The van der Waals surface area contributed by atoms with Crippen LogP contribution in [-0.4, -0.2) is 56.5 Å². The molecule has 0 aliphatic carbocycles. The molecule has 0 fully saturated rings. The van der Waals surface area contributed by atoms with Crippen LogP contribution in [0.15, 0.2) is 0 Å². The summed E-state index contributed by atoms with van der Waals surface area (Å²) in [5, 5.41) is 3.26. The zero-order chi connectivity index (χ0) is 13.5. The number of carbonyl (C=O) groups excluding carboxylic acids is 1. The van der Waals surface area contributed by atoms with Crippen LogP contribution in [0, 0.1) is 0 Å². The maximum Gasteiger partial charge on any atom is 0.410 e. The Morgan fingerprint density at radius 3 is 2.47 bits per heavy atom. The molecule has 0 aromatic carbocycles. The first-order valence-corrected chi connectivity index (χ1v) is 5.92. The van der Waals surface area contributed by atoms with Gasteiger partial charge in [0.1, 0.15) is 5.60 Å². The van der Waals surface area contributed by atoms with Crippen LogP contribution in [0.2, 0.25) is 0 Å². The van der Waals surface area contributed by atoms with Crippen LogP contribution in [0.1, 0.15) is 27.7 Å². The van der Waals surface area contributed by atoms with E-state index in [-0.39, 0.29) is 12.1 Å². The van der Waals surface area contributed by atoms with Gasteiger partial charge in [-0.15, -0.1) is 0 Å². The second-order valence-electron chi connectivity index (χ2n) is 5.21. The topological polar surface area (TPSA) is 50.8 Å². The van der Waals surface area contributed by atoms with Crippen molar-refractivity contribution in [2.24, 2.45) is 0 Å². The van der Waals surface area contributed by atoms with E-state index in [0.717, 1.165) is 6.54 Å². The Kier molecular flexibility index (Phi) is 7.15. The molecule has 0 rings (SSSR count). The lowest BCUT2D eigenvalue weighted by molar-refractivity contribution is 0.0298. The van der Waals surface area contributed by atoms with Crippen LogP contribution in [0.3, 0.4) is 0 Å². The average molecular weight is 246 g/mol. The van der Waals surface area contributed by atoms with Gasteiger partial charge < -0.3 is 19.7 Å². The van der Waals surface area contributed by atoms with Crippen LogP contribution in [0.4, 0.5) is 4.79 Å². The van der Waals surface area contributed by atoms with Gasteiger partial charge in [0.25, 0.3) is 0 Å². The number of nitrogens with one attached hydrogen (secondary N) is 1. The lowest BCUT2D eigenvalue weighted by Crippen LogP contribution is -2.40. The van der Waals surface area contributed by atoms with Gasteiger partial charge in [0.05, 0.1) is 6.61 Å². The third kappa shape index (κ3) is 8.94. The molecular weight excluding hydrogens is 220 g/mol. The Bertz CT molecular complexity index is 226. The lowest BCUT2D eigenvalue weighted by atomic mass is 10.2. The quantitative estimate of drug-likeness (QED) is 0.771. The van der Waals surface area contributed by atoms with Gasteiger partial charge in [-0.05, 0) is 27.7 Å². The summed E-state index contributed by atoms with van der Waals surface area (Å²) >= 11 is 0.